The molecule has 0 aromatic carbocycles. The summed E-state index contributed by atoms with van der Waals surface area (Å²) in [4.78, 5) is 0. The van der Waals surface area contributed by atoms with Gasteiger partial charge in [0, 0.05) is 0 Å². The van der Waals surface area contributed by atoms with Gasteiger partial charge in [-0.25, -0.2) is 0 Å². The molecule has 0 bridgehead atoms. The van der Waals surface area contributed by atoms with Crippen LogP contribution in [0.3, 0.4) is 0 Å². The van der Waals surface area contributed by atoms with Crippen LogP contribution in [0.15, 0.2) is 23.4 Å². The molecule has 1 N–H and O–H groups in total. The Kier molecular flexibility index (Phi) is 4.82. The molecule has 0 heterocycles. The zero-order chi connectivity index (χ0) is 7.98. The molecule has 0 unspecified atom stereocenters. The van der Waals surface area contributed by atoms with Crippen molar-refractivity contribution < 1.29 is 5.11 Å². The largest absolute Gasteiger partial charge is 0.509 e. The van der Waals surface area contributed by atoms with Crippen molar-refractivity contribution in [3.63, 3.8) is 0 Å². The fraction of sp³-hybridized carbons (Fsp3) is 0.500. The van der Waals surface area contributed by atoms with Crippen LogP contribution in [0.5, 0.6) is 0 Å². The molecule has 0 amide bonds. The molecule has 0 atom stereocenters. The summed E-state index contributed by atoms with van der Waals surface area (Å²) in [5.74, 6) is 0.198. The molecular weight excluding hydrogens is 123 g/mol. The molecule has 54 valence electrons. The third kappa shape index (κ3) is 3.39. The molecule has 0 aromatic heterocycles. The third-order valence-corrected chi connectivity index (χ3v) is 1.17. The maximum Gasteiger partial charge on any atom is 0.112 e. The Morgan fingerprint density at radius 3 is 2.60 bits per heavy atom. The van der Waals surface area contributed by atoms with E-state index in [1.165, 1.54) is 0 Å². The van der Waals surface area contributed by atoms with Gasteiger partial charge in [0.25, 0.3) is 0 Å². The predicted molar refractivity (Wildman–Crippen MR) is 45.1 cm³/mol. The Morgan fingerprint density at radius 2 is 2.20 bits per heavy atom. The molecule has 0 aliphatic heterocycles. The van der Waals surface area contributed by atoms with Gasteiger partial charge in [-0.15, -0.1) is 0 Å². The molecule has 0 spiro atoms. The van der Waals surface area contributed by atoms with Crippen molar-refractivity contribution in [2.45, 2.75) is 26.7 Å². The lowest BCUT2D eigenvalue weighted by atomic mass is 9.90. The first-order valence-corrected chi connectivity index (χ1v) is 3.52. The summed E-state index contributed by atoms with van der Waals surface area (Å²) in [7, 11) is 5.49. The van der Waals surface area contributed by atoms with Gasteiger partial charge < -0.3 is 5.11 Å². The van der Waals surface area contributed by atoms with Crippen molar-refractivity contribution in [2.75, 3.05) is 0 Å². The molecule has 2 heteroatoms. The van der Waals surface area contributed by atoms with Crippen LogP contribution in [0.4, 0.5) is 0 Å². The second kappa shape index (κ2) is 5.16. The van der Waals surface area contributed by atoms with Gasteiger partial charge in [-0.05, 0) is 19.4 Å². The van der Waals surface area contributed by atoms with Gasteiger partial charge in [0.2, 0.25) is 0 Å². The molecule has 0 aromatic rings. The average molecular weight is 136 g/mol. The van der Waals surface area contributed by atoms with Crippen LogP contribution in [0.25, 0.3) is 0 Å². The molecule has 0 saturated carbocycles. The minimum Gasteiger partial charge on any atom is -0.509 e. The summed E-state index contributed by atoms with van der Waals surface area (Å²) in [5, 5.41) is 9.12. The third-order valence-electron chi connectivity index (χ3n) is 1.17. The predicted octanol–water partition coefficient (Wildman–Crippen LogP) is 2.30. The summed E-state index contributed by atoms with van der Waals surface area (Å²) >= 11 is 0. The van der Waals surface area contributed by atoms with Crippen LogP contribution >= 0.6 is 0 Å². The molecule has 1 nitrogen and oxygen atoms in total. The number of allylic oxidation sites excluding steroid dienone is 3. The summed E-state index contributed by atoms with van der Waals surface area (Å²) in [6.07, 6.45) is 5.09. The second-order valence-corrected chi connectivity index (χ2v) is 2.16. The van der Waals surface area contributed by atoms with Crippen LogP contribution in [0, 0.1) is 0 Å². The number of hydrogen-bond acceptors (Lipinski definition) is 1. The molecule has 0 aliphatic carbocycles. The monoisotopic (exact) mass is 136 g/mol. The molecule has 0 rings (SSSR count). The molecule has 2 radical (unpaired) electrons. The lowest BCUT2D eigenvalue weighted by molar-refractivity contribution is 0.427. The van der Waals surface area contributed by atoms with Gasteiger partial charge in [-0.3, -0.25) is 0 Å². The summed E-state index contributed by atoms with van der Waals surface area (Å²) in [6, 6.07) is 0. The topological polar surface area (TPSA) is 20.2 Å². The van der Waals surface area contributed by atoms with E-state index in [-0.39, 0.29) is 5.76 Å². The highest BCUT2D eigenvalue weighted by Crippen LogP contribution is 2.05. The molecule has 10 heavy (non-hydrogen) atoms. The first kappa shape index (κ1) is 9.34. The smallest absolute Gasteiger partial charge is 0.112 e. The number of rotatable bonds is 3. The van der Waals surface area contributed by atoms with E-state index in [0.29, 0.717) is 5.47 Å². The number of aliphatic hydroxyl groups is 1. The fourth-order valence-electron chi connectivity index (χ4n) is 0.662. The normalized spacial score (nSPS) is 13.8. The maximum absolute atomic E-state index is 9.12. The van der Waals surface area contributed by atoms with Crippen molar-refractivity contribution in [2.24, 2.45) is 0 Å². The van der Waals surface area contributed by atoms with Crippen LogP contribution in [0.1, 0.15) is 26.7 Å². The summed E-state index contributed by atoms with van der Waals surface area (Å²) in [5.41, 5.74) is 0.570. The van der Waals surface area contributed by atoms with Gasteiger partial charge in [-0.1, -0.05) is 24.9 Å². The minimum absolute atomic E-state index is 0.198. The van der Waals surface area contributed by atoms with Crippen molar-refractivity contribution >= 4 is 7.85 Å². The highest BCUT2D eigenvalue weighted by atomic mass is 16.3. The highest BCUT2D eigenvalue weighted by molar-refractivity contribution is 6.22. The van der Waals surface area contributed by atoms with Gasteiger partial charge in [0.1, 0.15) is 13.6 Å². The standard InChI is InChI=1S/C8H13BO/c1-3-5-7(9)8(10)6-4-2/h4,6,10H,3,5H2,1-2H3/b6-4-,8-7-. The first-order valence-electron chi connectivity index (χ1n) is 3.52. The van der Waals surface area contributed by atoms with Crippen molar-refractivity contribution in [3.8, 4) is 0 Å². The van der Waals surface area contributed by atoms with Gasteiger partial charge in [0.05, 0.1) is 0 Å². The lowest BCUT2D eigenvalue weighted by Crippen LogP contribution is -1.87. The van der Waals surface area contributed by atoms with Crippen molar-refractivity contribution in [3.05, 3.63) is 23.4 Å². The van der Waals surface area contributed by atoms with Crippen molar-refractivity contribution in [1.82, 2.24) is 0 Å². The van der Waals surface area contributed by atoms with Gasteiger partial charge in [0.15, 0.2) is 0 Å². The Morgan fingerprint density at radius 1 is 1.60 bits per heavy atom. The Balaban J connectivity index is 4.04. The van der Waals surface area contributed by atoms with Crippen molar-refractivity contribution in [1.29, 1.82) is 0 Å². The molecule has 0 fully saturated rings. The molecular formula is C8H13BO. The fourth-order valence-corrected chi connectivity index (χ4v) is 0.662. The molecule has 0 saturated heterocycles. The first-order chi connectivity index (χ1) is 4.72. The van der Waals surface area contributed by atoms with E-state index in [4.69, 9.17) is 13.0 Å². The van der Waals surface area contributed by atoms with Crippen LogP contribution < -0.4 is 0 Å². The second-order valence-electron chi connectivity index (χ2n) is 2.16. The van der Waals surface area contributed by atoms with E-state index < -0.39 is 0 Å². The molecule has 0 aliphatic rings. The average Bonchev–Trinajstić information content (AvgIpc) is 1.89. The Hall–Kier alpha value is -0.655. The minimum atomic E-state index is 0.198. The quantitative estimate of drug-likeness (QED) is 0.358. The zero-order valence-corrected chi connectivity index (χ0v) is 6.59. The van der Waals surface area contributed by atoms with E-state index in [0.717, 1.165) is 12.8 Å². The zero-order valence-electron chi connectivity index (χ0n) is 6.59. The van der Waals surface area contributed by atoms with Gasteiger partial charge >= 0.3 is 0 Å². The van der Waals surface area contributed by atoms with Crippen LogP contribution in [0.2, 0.25) is 0 Å². The Bertz CT molecular complexity index is 147. The van der Waals surface area contributed by atoms with E-state index in [1.807, 2.05) is 13.8 Å². The van der Waals surface area contributed by atoms with E-state index in [9.17, 15) is 0 Å². The van der Waals surface area contributed by atoms with E-state index in [1.54, 1.807) is 12.2 Å². The Labute approximate surface area is 63.9 Å². The summed E-state index contributed by atoms with van der Waals surface area (Å²) < 4.78 is 0. The highest BCUT2D eigenvalue weighted by Gasteiger charge is 1.92. The van der Waals surface area contributed by atoms with E-state index >= 15 is 0 Å². The van der Waals surface area contributed by atoms with Gasteiger partial charge in [-0.2, -0.15) is 0 Å². The maximum atomic E-state index is 9.12. The van der Waals surface area contributed by atoms with Crippen LogP contribution in [-0.2, 0) is 0 Å². The van der Waals surface area contributed by atoms with E-state index in [2.05, 4.69) is 0 Å². The number of aliphatic hydroxyl groups excluding tert-OH is 1. The number of hydrogen-bond donors (Lipinski definition) is 1. The summed E-state index contributed by atoms with van der Waals surface area (Å²) in [6.45, 7) is 3.87. The van der Waals surface area contributed by atoms with Crippen LogP contribution in [-0.4, -0.2) is 13.0 Å². The lowest BCUT2D eigenvalue weighted by Gasteiger charge is -1.99. The SMILES string of the molecule is [B]/C(CCC)=C(O)/C=C\C.